The number of nitrogens with zero attached hydrogens (tertiary/aromatic N) is 2. The van der Waals surface area contributed by atoms with Crippen LogP contribution in [0.25, 0.3) is 0 Å². The van der Waals surface area contributed by atoms with E-state index in [1.165, 1.54) is 18.3 Å². The van der Waals surface area contributed by atoms with Crippen molar-refractivity contribution in [3.8, 4) is 6.07 Å². The van der Waals surface area contributed by atoms with Crippen LogP contribution in [0, 0.1) is 11.3 Å². The van der Waals surface area contributed by atoms with Gasteiger partial charge in [0.1, 0.15) is 11.8 Å². The van der Waals surface area contributed by atoms with Crippen LogP contribution in [0.1, 0.15) is 5.69 Å². The highest BCUT2D eigenvalue weighted by molar-refractivity contribution is 7.94. The normalized spacial score (nSPS) is 10.4. The fourth-order valence-electron chi connectivity index (χ4n) is 0.746. The Bertz CT molecular complexity index is 471. The SMILES string of the molecule is C=CS(=O)(=O)c1ccnc(C#N)c1. The third-order valence-electron chi connectivity index (χ3n) is 1.39. The highest BCUT2D eigenvalue weighted by atomic mass is 32.2. The van der Waals surface area contributed by atoms with Crippen LogP contribution in [0.3, 0.4) is 0 Å². The van der Waals surface area contributed by atoms with E-state index >= 15 is 0 Å². The number of hydrogen-bond acceptors (Lipinski definition) is 4. The van der Waals surface area contributed by atoms with Crippen molar-refractivity contribution >= 4 is 9.84 Å². The molecule has 0 fully saturated rings. The lowest BCUT2D eigenvalue weighted by atomic mass is 10.4. The van der Waals surface area contributed by atoms with Crippen molar-refractivity contribution in [2.75, 3.05) is 0 Å². The Hall–Kier alpha value is -1.67. The predicted octanol–water partition coefficient (Wildman–Crippen LogP) is 0.870. The number of rotatable bonds is 2. The second kappa shape index (κ2) is 3.37. The smallest absolute Gasteiger partial charge is 0.199 e. The van der Waals surface area contributed by atoms with Gasteiger partial charge in [-0.2, -0.15) is 5.26 Å². The van der Waals surface area contributed by atoms with E-state index in [4.69, 9.17) is 5.26 Å². The molecule has 5 heteroatoms. The number of pyridine rings is 1. The third-order valence-corrected chi connectivity index (χ3v) is 2.74. The van der Waals surface area contributed by atoms with Crippen LogP contribution in [-0.2, 0) is 9.84 Å². The zero-order valence-electron chi connectivity index (χ0n) is 6.64. The largest absolute Gasteiger partial charge is 0.245 e. The fraction of sp³-hybridized carbons (Fsp3) is 0. The van der Waals surface area contributed by atoms with Gasteiger partial charge in [0.25, 0.3) is 0 Å². The molecule has 0 saturated carbocycles. The monoisotopic (exact) mass is 194 g/mol. The van der Waals surface area contributed by atoms with Gasteiger partial charge in [-0.15, -0.1) is 0 Å². The summed E-state index contributed by atoms with van der Waals surface area (Å²) in [6.45, 7) is 3.17. The van der Waals surface area contributed by atoms with E-state index in [-0.39, 0.29) is 10.6 Å². The minimum Gasteiger partial charge on any atom is -0.245 e. The Morgan fingerprint density at radius 1 is 1.62 bits per heavy atom. The number of hydrogen-bond donors (Lipinski definition) is 0. The van der Waals surface area contributed by atoms with Gasteiger partial charge >= 0.3 is 0 Å². The first kappa shape index (κ1) is 9.42. The van der Waals surface area contributed by atoms with Crippen molar-refractivity contribution < 1.29 is 8.42 Å². The molecule has 0 N–H and O–H groups in total. The van der Waals surface area contributed by atoms with E-state index in [1.54, 1.807) is 6.07 Å². The molecular weight excluding hydrogens is 188 g/mol. The molecule has 0 aliphatic heterocycles. The molecule has 0 unspecified atom stereocenters. The van der Waals surface area contributed by atoms with Crippen LogP contribution in [0.4, 0.5) is 0 Å². The van der Waals surface area contributed by atoms with Crippen LogP contribution in [0.5, 0.6) is 0 Å². The van der Waals surface area contributed by atoms with E-state index in [1.807, 2.05) is 0 Å². The number of aromatic nitrogens is 1. The van der Waals surface area contributed by atoms with Crippen molar-refractivity contribution in [3.63, 3.8) is 0 Å². The van der Waals surface area contributed by atoms with Gasteiger partial charge in [0.15, 0.2) is 9.84 Å². The summed E-state index contributed by atoms with van der Waals surface area (Å²) in [5.74, 6) is 0. The molecule has 0 bridgehead atoms. The van der Waals surface area contributed by atoms with Crippen LogP contribution in [0.2, 0.25) is 0 Å². The Balaban J connectivity index is 3.34. The van der Waals surface area contributed by atoms with E-state index in [0.29, 0.717) is 0 Å². The maximum atomic E-state index is 11.2. The van der Waals surface area contributed by atoms with E-state index in [9.17, 15) is 8.42 Å². The minimum atomic E-state index is -3.46. The van der Waals surface area contributed by atoms with Gasteiger partial charge in [0, 0.05) is 11.6 Å². The zero-order valence-corrected chi connectivity index (χ0v) is 7.45. The molecule has 1 aromatic heterocycles. The predicted molar refractivity (Wildman–Crippen MR) is 46.3 cm³/mol. The molecule has 66 valence electrons. The van der Waals surface area contributed by atoms with Crippen LogP contribution < -0.4 is 0 Å². The molecular formula is C8H6N2O2S. The second-order valence-corrected chi connectivity index (χ2v) is 4.10. The summed E-state index contributed by atoms with van der Waals surface area (Å²) in [5, 5.41) is 9.30. The van der Waals surface area contributed by atoms with Crippen LogP contribution in [-0.4, -0.2) is 13.4 Å². The highest BCUT2D eigenvalue weighted by Crippen LogP contribution is 2.11. The molecule has 0 spiro atoms. The molecule has 0 radical (unpaired) electrons. The standard InChI is InChI=1S/C8H6N2O2S/c1-2-13(11,12)8-3-4-10-7(5-8)6-9/h2-5H,1H2. The Morgan fingerprint density at radius 2 is 2.31 bits per heavy atom. The topological polar surface area (TPSA) is 70.8 Å². The van der Waals surface area contributed by atoms with E-state index in [2.05, 4.69) is 11.6 Å². The molecule has 1 aromatic rings. The first-order chi connectivity index (χ1) is 6.10. The Kier molecular flexibility index (Phi) is 2.44. The van der Waals surface area contributed by atoms with Crippen molar-refractivity contribution in [1.29, 1.82) is 5.26 Å². The van der Waals surface area contributed by atoms with Gasteiger partial charge in [-0.3, -0.25) is 0 Å². The molecule has 0 atom stereocenters. The quantitative estimate of drug-likeness (QED) is 0.700. The lowest BCUT2D eigenvalue weighted by Gasteiger charge is -1.96. The summed E-state index contributed by atoms with van der Waals surface area (Å²) < 4.78 is 22.4. The highest BCUT2D eigenvalue weighted by Gasteiger charge is 2.09. The molecule has 1 rings (SSSR count). The summed E-state index contributed by atoms with van der Waals surface area (Å²) in [7, 11) is -3.46. The van der Waals surface area contributed by atoms with E-state index < -0.39 is 9.84 Å². The Morgan fingerprint density at radius 3 is 2.85 bits per heavy atom. The van der Waals surface area contributed by atoms with Gasteiger partial charge in [-0.05, 0) is 12.1 Å². The molecule has 4 nitrogen and oxygen atoms in total. The third kappa shape index (κ3) is 1.92. The molecule has 0 aliphatic rings. The molecule has 0 aromatic carbocycles. The molecule has 13 heavy (non-hydrogen) atoms. The zero-order chi connectivity index (χ0) is 9.90. The first-order valence-corrected chi connectivity index (χ1v) is 4.88. The summed E-state index contributed by atoms with van der Waals surface area (Å²) >= 11 is 0. The summed E-state index contributed by atoms with van der Waals surface area (Å²) in [4.78, 5) is 3.68. The maximum Gasteiger partial charge on any atom is 0.199 e. The average Bonchev–Trinajstić information content (AvgIpc) is 2.18. The first-order valence-electron chi connectivity index (χ1n) is 3.34. The van der Waals surface area contributed by atoms with Gasteiger partial charge < -0.3 is 0 Å². The van der Waals surface area contributed by atoms with Crippen molar-refractivity contribution in [1.82, 2.24) is 4.98 Å². The van der Waals surface area contributed by atoms with Crippen molar-refractivity contribution in [2.24, 2.45) is 0 Å². The molecule has 0 saturated heterocycles. The summed E-state index contributed by atoms with van der Waals surface area (Å²) in [6.07, 6.45) is 1.27. The minimum absolute atomic E-state index is 0.0362. The molecule has 0 aliphatic carbocycles. The van der Waals surface area contributed by atoms with Gasteiger partial charge in [0.2, 0.25) is 0 Å². The van der Waals surface area contributed by atoms with E-state index in [0.717, 1.165) is 5.41 Å². The summed E-state index contributed by atoms with van der Waals surface area (Å²) in [6, 6.07) is 4.28. The van der Waals surface area contributed by atoms with Crippen LogP contribution >= 0.6 is 0 Å². The second-order valence-electron chi connectivity index (χ2n) is 2.20. The number of nitriles is 1. The molecule has 0 amide bonds. The van der Waals surface area contributed by atoms with Crippen LogP contribution in [0.15, 0.2) is 35.2 Å². The Labute approximate surface area is 76.1 Å². The van der Waals surface area contributed by atoms with Gasteiger partial charge in [0.05, 0.1) is 4.90 Å². The molecule has 1 heterocycles. The fourth-order valence-corrected chi connectivity index (χ4v) is 1.46. The van der Waals surface area contributed by atoms with Gasteiger partial charge in [-0.1, -0.05) is 6.58 Å². The summed E-state index contributed by atoms with van der Waals surface area (Å²) in [5.41, 5.74) is 0.0722. The maximum absolute atomic E-state index is 11.2. The van der Waals surface area contributed by atoms with Gasteiger partial charge in [-0.25, -0.2) is 13.4 Å². The lowest BCUT2D eigenvalue weighted by molar-refractivity contribution is 0.604. The van der Waals surface area contributed by atoms with Crippen molar-refractivity contribution in [2.45, 2.75) is 4.90 Å². The van der Waals surface area contributed by atoms with Crippen molar-refractivity contribution in [3.05, 3.63) is 36.0 Å². The average molecular weight is 194 g/mol. The lowest BCUT2D eigenvalue weighted by Crippen LogP contribution is -1.96. The number of sulfone groups is 1.